The Balaban J connectivity index is 1.32. The molecular formula is C18H27NO. The monoisotopic (exact) mass is 273 g/mol. The van der Waals surface area contributed by atoms with Gasteiger partial charge in [-0.3, -0.25) is 0 Å². The lowest BCUT2D eigenvalue weighted by Gasteiger charge is -2.25. The van der Waals surface area contributed by atoms with Crippen LogP contribution in [0.15, 0.2) is 24.3 Å². The number of fused-ring (bicyclic) bond motifs is 1. The normalized spacial score (nSPS) is 21.7. The van der Waals surface area contributed by atoms with Gasteiger partial charge in [-0.05, 0) is 68.0 Å². The van der Waals surface area contributed by atoms with Gasteiger partial charge in [0, 0.05) is 19.8 Å². The molecule has 1 saturated carbocycles. The molecule has 0 bridgehead atoms. The van der Waals surface area contributed by atoms with Crippen LogP contribution >= 0.6 is 0 Å². The van der Waals surface area contributed by atoms with Crippen molar-refractivity contribution in [2.75, 3.05) is 26.3 Å². The molecule has 0 radical (unpaired) electrons. The Kier molecular flexibility index (Phi) is 5.10. The van der Waals surface area contributed by atoms with Gasteiger partial charge in [0.1, 0.15) is 0 Å². The van der Waals surface area contributed by atoms with Gasteiger partial charge in [0.15, 0.2) is 0 Å². The number of benzene rings is 1. The van der Waals surface area contributed by atoms with Gasteiger partial charge in [-0.15, -0.1) is 0 Å². The molecule has 2 nitrogen and oxygen atoms in total. The molecular weight excluding hydrogens is 246 g/mol. The predicted octanol–water partition coefficient (Wildman–Crippen LogP) is 3.51. The van der Waals surface area contributed by atoms with Crippen LogP contribution < -0.4 is 5.32 Å². The Morgan fingerprint density at radius 3 is 2.95 bits per heavy atom. The molecule has 1 unspecified atom stereocenters. The van der Waals surface area contributed by atoms with Crippen LogP contribution in [0.5, 0.6) is 0 Å². The summed E-state index contributed by atoms with van der Waals surface area (Å²) in [7, 11) is 0. The highest BCUT2D eigenvalue weighted by atomic mass is 16.5. The molecule has 2 aliphatic carbocycles. The average molecular weight is 273 g/mol. The van der Waals surface area contributed by atoms with E-state index < -0.39 is 0 Å². The fourth-order valence-corrected chi connectivity index (χ4v) is 3.18. The molecule has 1 aromatic carbocycles. The topological polar surface area (TPSA) is 21.3 Å². The second-order valence-corrected chi connectivity index (χ2v) is 6.36. The number of nitrogens with one attached hydrogen (secondary N) is 1. The lowest BCUT2D eigenvalue weighted by Crippen LogP contribution is -2.25. The highest BCUT2D eigenvalue weighted by Gasteiger charge is 2.21. The van der Waals surface area contributed by atoms with Crippen molar-refractivity contribution in [3.63, 3.8) is 0 Å². The van der Waals surface area contributed by atoms with Gasteiger partial charge < -0.3 is 10.1 Å². The van der Waals surface area contributed by atoms with Crippen LogP contribution in [0.3, 0.4) is 0 Å². The summed E-state index contributed by atoms with van der Waals surface area (Å²) >= 11 is 0. The predicted molar refractivity (Wildman–Crippen MR) is 83.2 cm³/mol. The summed E-state index contributed by atoms with van der Waals surface area (Å²) in [5.41, 5.74) is 3.15. The van der Waals surface area contributed by atoms with Crippen molar-refractivity contribution in [2.24, 2.45) is 5.92 Å². The fraction of sp³-hybridized carbons (Fsp3) is 0.667. The molecule has 2 heteroatoms. The maximum atomic E-state index is 5.67. The number of aryl methyl sites for hydroxylation is 1. The van der Waals surface area contributed by atoms with Crippen LogP contribution in [-0.4, -0.2) is 26.3 Å². The van der Waals surface area contributed by atoms with E-state index in [0.29, 0.717) is 5.92 Å². The summed E-state index contributed by atoms with van der Waals surface area (Å²) in [6, 6.07) is 8.97. The smallest absolute Gasteiger partial charge is 0.0494 e. The second-order valence-electron chi connectivity index (χ2n) is 6.36. The quantitative estimate of drug-likeness (QED) is 0.732. The van der Waals surface area contributed by atoms with E-state index in [1.807, 2.05) is 0 Å². The molecule has 0 spiro atoms. The van der Waals surface area contributed by atoms with Gasteiger partial charge in [0.2, 0.25) is 0 Å². The van der Waals surface area contributed by atoms with Crippen molar-refractivity contribution in [1.82, 2.24) is 5.32 Å². The molecule has 0 amide bonds. The fourth-order valence-electron chi connectivity index (χ4n) is 3.18. The van der Waals surface area contributed by atoms with E-state index in [-0.39, 0.29) is 0 Å². The van der Waals surface area contributed by atoms with Crippen molar-refractivity contribution in [3.8, 4) is 0 Å². The summed E-state index contributed by atoms with van der Waals surface area (Å²) in [6.45, 7) is 4.13. The zero-order valence-corrected chi connectivity index (χ0v) is 12.4. The Bertz CT molecular complexity index is 414. The molecule has 3 rings (SSSR count). The summed E-state index contributed by atoms with van der Waals surface area (Å²) in [6.07, 6.45) is 7.86. The molecule has 110 valence electrons. The standard InChI is InChI=1S/C18H27NO/c1-2-8-18-16(5-1)6-3-7-17(18)13-19-11-4-12-20-14-15-9-10-15/h1-2,5,8,15,17,19H,3-4,6-7,9-14H2. The first-order valence-corrected chi connectivity index (χ1v) is 8.30. The van der Waals surface area contributed by atoms with E-state index in [2.05, 4.69) is 29.6 Å². The van der Waals surface area contributed by atoms with E-state index >= 15 is 0 Å². The molecule has 1 N–H and O–H groups in total. The highest BCUT2D eigenvalue weighted by molar-refractivity contribution is 5.32. The molecule has 1 fully saturated rings. The Morgan fingerprint density at radius 1 is 1.15 bits per heavy atom. The van der Waals surface area contributed by atoms with E-state index in [9.17, 15) is 0 Å². The Hall–Kier alpha value is -0.860. The number of hydrogen-bond donors (Lipinski definition) is 1. The maximum absolute atomic E-state index is 5.67. The molecule has 0 heterocycles. The summed E-state index contributed by atoms with van der Waals surface area (Å²) < 4.78 is 5.67. The van der Waals surface area contributed by atoms with E-state index in [4.69, 9.17) is 4.74 Å². The summed E-state index contributed by atoms with van der Waals surface area (Å²) in [5, 5.41) is 3.62. The molecule has 0 aromatic heterocycles. The van der Waals surface area contributed by atoms with Gasteiger partial charge in [-0.1, -0.05) is 24.3 Å². The number of rotatable bonds is 8. The largest absolute Gasteiger partial charge is 0.381 e. The first kappa shape index (κ1) is 14.1. The van der Waals surface area contributed by atoms with Crippen LogP contribution in [0.4, 0.5) is 0 Å². The molecule has 1 aromatic rings. The number of hydrogen-bond acceptors (Lipinski definition) is 2. The zero-order valence-electron chi connectivity index (χ0n) is 12.4. The third-order valence-corrected chi connectivity index (χ3v) is 4.58. The van der Waals surface area contributed by atoms with Gasteiger partial charge in [0.25, 0.3) is 0 Å². The van der Waals surface area contributed by atoms with E-state index in [1.165, 1.54) is 32.1 Å². The third kappa shape index (κ3) is 4.07. The SMILES string of the molecule is c1ccc2c(c1)CCCC2CNCCCOCC1CC1. The van der Waals surface area contributed by atoms with Crippen molar-refractivity contribution in [2.45, 2.75) is 44.4 Å². The number of ether oxygens (including phenoxy) is 1. The van der Waals surface area contributed by atoms with Crippen LogP contribution in [0, 0.1) is 5.92 Å². The minimum atomic E-state index is 0.715. The first-order valence-electron chi connectivity index (χ1n) is 8.30. The maximum Gasteiger partial charge on any atom is 0.0494 e. The first-order chi connectivity index (χ1) is 9.93. The van der Waals surface area contributed by atoms with Crippen LogP contribution in [0.2, 0.25) is 0 Å². The van der Waals surface area contributed by atoms with Crippen LogP contribution in [0.25, 0.3) is 0 Å². The van der Waals surface area contributed by atoms with Crippen molar-refractivity contribution >= 4 is 0 Å². The molecule has 1 atom stereocenters. The molecule has 2 aliphatic rings. The van der Waals surface area contributed by atoms with Gasteiger partial charge in [-0.2, -0.15) is 0 Å². The Morgan fingerprint density at radius 2 is 2.05 bits per heavy atom. The molecule has 0 aliphatic heterocycles. The van der Waals surface area contributed by atoms with Gasteiger partial charge in [0.05, 0.1) is 0 Å². The second kappa shape index (κ2) is 7.24. The average Bonchev–Trinajstić information content (AvgIpc) is 3.30. The lowest BCUT2D eigenvalue weighted by atomic mass is 9.83. The zero-order chi connectivity index (χ0) is 13.6. The van der Waals surface area contributed by atoms with Crippen LogP contribution in [0.1, 0.15) is 49.1 Å². The minimum absolute atomic E-state index is 0.715. The molecule has 20 heavy (non-hydrogen) atoms. The summed E-state index contributed by atoms with van der Waals surface area (Å²) in [5.74, 6) is 1.61. The molecule has 0 saturated heterocycles. The lowest BCUT2D eigenvalue weighted by molar-refractivity contribution is 0.122. The van der Waals surface area contributed by atoms with Crippen molar-refractivity contribution in [1.29, 1.82) is 0 Å². The van der Waals surface area contributed by atoms with Crippen molar-refractivity contribution < 1.29 is 4.74 Å². The van der Waals surface area contributed by atoms with E-state index in [1.54, 1.807) is 11.1 Å². The van der Waals surface area contributed by atoms with Crippen LogP contribution in [-0.2, 0) is 11.2 Å². The highest BCUT2D eigenvalue weighted by Crippen LogP contribution is 2.30. The Labute approximate surface area is 122 Å². The van der Waals surface area contributed by atoms with E-state index in [0.717, 1.165) is 38.6 Å². The minimum Gasteiger partial charge on any atom is -0.381 e. The third-order valence-electron chi connectivity index (χ3n) is 4.58. The van der Waals surface area contributed by atoms with Crippen molar-refractivity contribution in [3.05, 3.63) is 35.4 Å². The summed E-state index contributed by atoms with van der Waals surface area (Å²) in [4.78, 5) is 0. The van der Waals surface area contributed by atoms with Gasteiger partial charge >= 0.3 is 0 Å². The van der Waals surface area contributed by atoms with Gasteiger partial charge in [-0.25, -0.2) is 0 Å².